The molecule has 6 aliphatic rings. The largest absolute Gasteiger partial charge is 0.492 e. The molecule has 0 bridgehead atoms. The Morgan fingerprint density at radius 3 is 2.39 bits per heavy atom. The second kappa shape index (κ2) is 18.1. The SMILES string of the molecule is COc1c(N2CCN(C(=O)OCOC(=O)CCC(=O)OCC(=O)[C@@]3(O)CCC4C5CCC6=CC(=O)C=C[C@]6(C)C5[C@@H](O)C[C@@]43C)C(C)C2)c(F)cc2c(=O)c(C(=O)OCCl)cn(C3CC3)c12. The minimum absolute atomic E-state index is 0.00328. The van der Waals surface area contributed by atoms with E-state index in [0.29, 0.717) is 24.8 Å². The van der Waals surface area contributed by atoms with E-state index in [0.717, 1.165) is 24.5 Å². The van der Waals surface area contributed by atoms with Crippen molar-refractivity contribution in [1.82, 2.24) is 9.47 Å². The Labute approximate surface area is 384 Å². The van der Waals surface area contributed by atoms with Crippen molar-refractivity contribution in [3.05, 3.63) is 57.7 Å². The van der Waals surface area contributed by atoms with Gasteiger partial charge < -0.3 is 48.3 Å². The van der Waals surface area contributed by atoms with E-state index in [2.05, 4.69) is 0 Å². The van der Waals surface area contributed by atoms with E-state index in [9.17, 15) is 43.8 Å². The van der Waals surface area contributed by atoms with Crippen LogP contribution in [-0.2, 0) is 38.1 Å². The highest BCUT2D eigenvalue weighted by Crippen LogP contribution is 2.67. The molecule has 1 aromatic heterocycles. The number of esters is 3. The number of hydrogen-bond donors (Lipinski definition) is 2. The van der Waals surface area contributed by atoms with Gasteiger partial charge in [0.1, 0.15) is 16.9 Å². The molecule has 1 saturated heterocycles. The first kappa shape index (κ1) is 47.2. The lowest BCUT2D eigenvalue weighted by atomic mass is 9.46. The van der Waals surface area contributed by atoms with Gasteiger partial charge in [0.2, 0.25) is 18.0 Å². The average molecular weight is 940 g/mol. The molecule has 17 nitrogen and oxygen atoms in total. The molecule has 1 aromatic carbocycles. The number of ether oxygens (including phenoxy) is 5. The van der Waals surface area contributed by atoms with Crippen LogP contribution in [0.1, 0.15) is 95.0 Å². The number of piperazine rings is 1. The first-order valence-corrected chi connectivity index (χ1v) is 23.0. The third kappa shape index (κ3) is 8.16. The van der Waals surface area contributed by atoms with Crippen LogP contribution >= 0.6 is 11.6 Å². The van der Waals surface area contributed by atoms with Crippen molar-refractivity contribution in [3.8, 4) is 5.75 Å². The van der Waals surface area contributed by atoms with Crippen LogP contribution in [0.3, 0.4) is 0 Å². The summed E-state index contributed by atoms with van der Waals surface area (Å²) in [6.07, 6.45) is 7.75. The summed E-state index contributed by atoms with van der Waals surface area (Å²) >= 11 is 5.56. The quantitative estimate of drug-likeness (QED) is 0.118. The van der Waals surface area contributed by atoms with Gasteiger partial charge >= 0.3 is 24.0 Å². The molecule has 356 valence electrons. The lowest BCUT2D eigenvalue weighted by Gasteiger charge is -2.59. The van der Waals surface area contributed by atoms with Gasteiger partial charge in [-0.05, 0) is 81.9 Å². The molecule has 4 saturated carbocycles. The molecule has 0 spiro atoms. The molecule has 5 fully saturated rings. The maximum absolute atomic E-state index is 16.0. The highest BCUT2D eigenvalue weighted by Gasteiger charge is 2.68. The Balaban J connectivity index is 0.804. The van der Waals surface area contributed by atoms with Crippen molar-refractivity contribution < 1.29 is 67.1 Å². The normalized spacial score (nSPS) is 30.2. The van der Waals surface area contributed by atoms with Gasteiger partial charge in [-0.2, -0.15) is 0 Å². The van der Waals surface area contributed by atoms with E-state index in [1.165, 1.54) is 18.2 Å². The van der Waals surface area contributed by atoms with Crippen LogP contribution in [0.15, 0.2) is 40.9 Å². The smallest absolute Gasteiger partial charge is 0.413 e. The number of ketones is 2. The van der Waals surface area contributed by atoms with E-state index in [-0.39, 0.29) is 84.4 Å². The molecule has 8 rings (SSSR count). The predicted octanol–water partition coefficient (Wildman–Crippen LogP) is 4.89. The third-order valence-electron chi connectivity index (χ3n) is 15.3. The summed E-state index contributed by atoms with van der Waals surface area (Å²) < 4.78 is 43.8. The summed E-state index contributed by atoms with van der Waals surface area (Å²) in [5, 5.41) is 23.5. The number of amides is 1. The van der Waals surface area contributed by atoms with Crippen LogP contribution in [0.2, 0.25) is 0 Å². The highest BCUT2D eigenvalue weighted by molar-refractivity contribution is 6.17. The number of carbonyl (C=O) groups excluding carboxylic acids is 6. The summed E-state index contributed by atoms with van der Waals surface area (Å²) in [4.78, 5) is 93.0. The maximum atomic E-state index is 16.0. The summed E-state index contributed by atoms with van der Waals surface area (Å²) in [5.41, 5.74) is -2.93. The number of carbonyl (C=O) groups is 6. The Hall–Kier alpha value is -5.33. The fourth-order valence-electron chi connectivity index (χ4n) is 11.9. The fourth-order valence-corrected chi connectivity index (χ4v) is 12.0. The number of aliphatic hydroxyl groups excluding tert-OH is 1. The Morgan fingerprint density at radius 1 is 0.985 bits per heavy atom. The number of aromatic nitrogens is 1. The minimum atomic E-state index is -1.84. The zero-order valence-electron chi connectivity index (χ0n) is 37.3. The number of halogens is 2. The number of rotatable bonds is 13. The van der Waals surface area contributed by atoms with Crippen molar-refractivity contribution in [3.63, 3.8) is 0 Å². The number of fused-ring (bicyclic) bond motifs is 6. The number of methoxy groups -OCH3 is 1. The number of benzene rings is 1. The lowest BCUT2D eigenvalue weighted by molar-refractivity contribution is -0.181. The van der Waals surface area contributed by atoms with Crippen LogP contribution in [0, 0.1) is 34.4 Å². The number of hydrogen-bond acceptors (Lipinski definition) is 15. The topological polar surface area (TPSA) is 218 Å². The van der Waals surface area contributed by atoms with Crippen molar-refractivity contribution in [2.45, 2.75) is 102 Å². The summed E-state index contributed by atoms with van der Waals surface area (Å²) in [7, 11) is 1.36. The number of allylic oxidation sites excluding steroid dienone is 4. The van der Waals surface area contributed by atoms with Gasteiger partial charge in [0.25, 0.3) is 0 Å². The summed E-state index contributed by atoms with van der Waals surface area (Å²) in [6, 6.07) is 0.0266. The van der Waals surface area contributed by atoms with Crippen LogP contribution in [0.5, 0.6) is 5.75 Å². The zero-order chi connectivity index (χ0) is 47.5. The molecule has 1 amide bonds. The summed E-state index contributed by atoms with van der Waals surface area (Å²) in [6.45, 7) is 4.46. The molecule has 2 heterocycles. The molecule has 4 unspecified atom stereocenters. The molecule has 19 heteroatoms. The first-order chi connectivity index (χ1) is 31.4. The van der Waals surface area contributed by atoms with Gasteiger partial charge in [-0.3, -0.25) is 24.0 Å². The molecular weight excluding hydrogens is 885 g/mol. The number of Topliss-reactive ketones (excluding diaryl/α,β-unsaturated/α-hetero) is 1. The molecule has 1 aliphatic heterocycles. The van der Waals surface area contributed by atoms with Gasteiger partial charge in [-0.25, -0.2) is 14.0 Å². The van der Waals surface area contributed by atoms with E-state index in [1.54, 1.807) is 28.5 Å². The van der Waals surface area contributed by atoms with E-state index < -0.39 is 102 Å². The van der Waals surface area contributed by atoms with Gasteiger partial charge in [-0.15, -0.1) is 0 Å². The number of alkyl halides is 1. The third-order valence-corrected chi connectivity index (χ3v) is 15.4. The maximum Gasteiger partial charge on any atom is 0.413 e. The van der Waals surface area contributed by atoms with Gasteiger partial charge in [0.05, 0.1) is 37.0 Å². The van der Waals surface area contributed by atoms with E-state index in [1.807, 2.05) is 19.9 Å². The Kier molecular flexibility index (Phi) is 12.9. The molecule has 8 atom stereocenters. The number of anilines is 1. The minimum Gasteiger partial charge on any atom is -0.492 e. The van der Waals surface area contributed by atoms with Gasteiger partial charge in [-0.1, -0.05) is 37.1 Å². The molecule has 66 heavy (non-hydrogen) atoms. The van der Waals surface area contributed by atoms with Crippen molar-refractivity contribution in [1.29, 1.82) is 0 Å². The molecule has 2 aromatic rings. The number of aliphatic hydroxyl groups is 2. The molecule has 5 aliphatic carbocycles. The molecule has 2 N–H and O–H groups in total. The fraction of sp³-hybridized carbons (Fsp3) is 0.596. The lowest BCUT2D eigenvalue weighted by Crippen LogP contribution is -2.61. The average Bonchev–Trinajstić information content (AvgIpc) is 4.08. The van der Waals surface area contributed by atoms with Gasteiger partial charge in [0, 0.05) is 54.7 Å². The van der Waals surface area contributed by atoms with Crippen molar-refractivity contribution in [2.75, 3.05) is 51.1 Å². The standard InChI is InChI=1S/C47H55ClFN3O14/c1-25-20-50(40-33(49)18-30-39(42(40)62-4)52(27-6-7-27)21-31(41(30)58)43(59)64-23-48)15-16-51(25)44(60)66-24-65-37(57)10-9-36(56)63-22-35(55)47(61)14-12-32-29-8-5-26-17-28(53)11-13-45(26,2)38(29)34(54)19-46(32,47)3/h11,13,17-18,21,25,27,29,32,34,38,54,61H,5-10,12,14-16,19-20,22-24H2,1-4H3/t25?,29?,32?,34-,38?,45-,46-,47-/m0/s1. The monoisotopic (exact) mass is 939 g/mol. The highest BCUT2D eigenvalue weighted by atomic mass is 35.5. The Morgan fingerprint density at radius 2 is 1.71 bits per heavy atom. The number of nitrogens with zero attached hydrogens (tertiary/aromatic N) is 3. The molecule has 0 radical (unpaired) electrons. The van der Waals surface area contributed by atoms with Crippen LogP contribution in [0.4, 0.5) is 14.9 Å². The van der Waals surface area contributed by atoms with Crippen LogP contribution in [0.25, 0.3) is 10.9 Å². The molecular formula is C47H55ClFN3O14. The predicted molar refractivity (Wildman–Crippen MR) is 233 cm³/mol. The first-order valence-electron chi connectivity index (χ1n) is 22.4. The second-order valence-electron chi connectivity index (χ2n) is 18.9. The summed E-state index contributed by atoms with van der Waals surface area (Å²) in [5.74, 6) is -4.34. The van der Waals surface area contributed by atoms with E-state index in [4.69, 9.17) is 35.3 Å². The van der Waals surface area contributed by atoms with Gasteiger partial charge in [0.15, 0.2) is 30.0 Å². The van der Waals surface area contributed by atoms with Crippen molar-refractivity contribution in [2.24, 2.45) is 28.6 Å². The van der Waals surface area contributed by atoms with Crippen LogP contribution < -0.4 is 15.1 Å². The van der Waals surface area contributed by atoms with E-state index >= 15 is 4.39 Å². The van der Waals surface area contributed by atoms with Crippen molar-refractivity contribution >= 4 is 63.8 Å². The Bertz CT molecular complexity index is 2490. The number of pyridine rings is 1. The second-order valence-corrected chi connectivity index (χ2v) is 19.1. The van der Waals surface area contributed by atoms with Crippen LogP contribution in [-0.4, -0.2) is 119 Å². The zero-order valence-corrected chi connectivity index (χ0v) is 38.1.